The maximum absolute atomic E-state index is 13.3. The summed E-state index contributed by atoms with van der Waals surface area (Å²) in [5, 5.41) is 5.70. The van der Waals surface area contributed by atoms with E-state index in [0.717, 1.165) is 11.8 Å². The first kappa shape index (κ1) is 21.7. The van der Waals surface area contributed by atoms with E-state index in [1.807, 2.05) is 44.2 Å². The molecule has 30 heavy (non-hydrogen) atoms. The highest BCUT2D eigenvalue weighted by molar-refractivity contribution is 7.90. The van der Waals surface area contributed by atoms with Crippen molar-refractivity contribution in [3.8, 4) is 0 Å². The lowest BCUT2D eigenvalue weighted by atomic mass is 10.1. The summed E-state index contributed by atoms with van der Waals surface area (Å²) in [4.78, 5) is 27.3. The quantitative estimate of drug-likeness (QED) is 0.709. The van der Waals surface area contributed by atoms with Crippen molar-refractivity contribution < 1.29 is 18.0 Å². The Morgan fingerprint density at radius 1 is 1.07 bits per heavy atom. The van der Waals surface area contributed by atoms with Gasteiger partial charge >= 0.3 is 0 Å². The number of rotatable bonds is 6. The summed E-state index contributed by atoms with van der Waals surface area (Å²) < 4.78 is 23.4. The molecule has 0 saturated heterocycles. The lowest BCUT2D eigenvalue weighted by Gasteiger charge is -2.30. The molecule has 3 rings (SSSR count). The number of benzene rings is 2. The molecule has 2 aromatic carbocycles. The van der Waals surface area contributed by atoms with Crippen LogP contribution in [0, 0.1) is 0 Å². The number of hydrazone groups is 1. The van der Waals surface area contributed by atoms with E-state index < -0.39 is 9.84 Å². The molecule has 1 aliphatic heterocycles. The van der Waals surface area contributed by atoms with Crippen LogP contribution in [0.1, 0.15) is 32.3 Å². The molecule has 0 N–H and O–H groups in total. The molecule has 0 aliphatic carbocycles. The molecule has 1 aliphatic rings. The minimum Gasteiger partial charge on any atom is -0.305 e. The Labute approximate surface area is 176 Å². The molecule has 0 fully saturated rings. The molecule has 0 atom stereocenters. The van der Waals surface area contributed by atoms with Gasteiger partial charge < -0.3 is 4.90 Å². The Bertz CT molecular complexity index is 1060. The number of nitrogens with zero attached hydrogens (tertiary/aromatic N) is 3. The van der Waals surface area contributed by atoms with Gasteiger partial charge in [0.15, 0.2) is 9.84 Å². The molecule has 7 nitrogen and oxygen atoms in total. The lowest BCUT2D eigenvalue weighted by Crippen LogP contribution is -2.44. The summed E-state index contributed by atoms with van der Waals surface area (Å²) >= 11 is 0. The minimum absolute atomic E-state index is 0.121. The molecule has 0 saturated carbocycles. The predicted molar refractivity (Wildman–Crippen MR) is 116 cm³/mol. The first-order valence-corrected chi connectivity index (χ1v) is 11.6. The molecule has 2 aromatic rings. The van der Waals surface area contributed by atoms with E-state index in [0.29, 0.717) is 17.9 Å². The van der Waals surface area contributed by atoms with Crippen molar-refractivity contribution >= 4 is 33.1 Å². The van der Waals surface area contributed by atoms with Crippen LogP contribution in [0.2, 0.25) is 0 Å². The predicted octanol–water partition coefficient (Wildman–Crippen LogP) is 3.01. The van der Waals surface area contributed by atoms with E-state index in [-0.39, 0.29) is 35.6 Å². The van der Waals surface area contributed by atoms with Gasteiger partial charge in [0.2, 0.25) is 5.91 Å². The lowest BCUT2D eigenvalue weighted by molar-refractivity contribution is -0.132. The van der Waals surface area contributed by atoms with Gasteiger partial charge in [-0.25, -0.2) is 13.4 Å². The van der Waals surface area contributed by atoms with Crippen LogP contribution >= 0.6 is 0 Å². The second-order valence-corrected chi connectivity index (χ2v) is 9.53. The number of hydrogen-bond acceptors (Lipinski definition) is 5. The van der Waals surface area contributed by atoms with Crippen LogP contribution in [0.4, 0.5) is 5.69 Å². The fraction of sp³-hybridized carbons (Fsp3) is 0.318. The molecule has 0 bridgehead atoms. The zero-order valence-corrected chi connectivity index (χ0v) is 18.1. The molecule has 2 amide bonds. The van der Waals surface area contributed by atoms with E-state index in [4.69, 9.17) is 0 Å². The second kappa shape index (κ2) is 8.79. The fourth-order valence-electron chi connectivity index (χ4n) is 3.28. The van der Waals surface area contributed by atoms with Crippen molar-refractivity contribution in [2.24, 2.45) is 5.10 Å². The highest BCUT2D eigenvalue weighted by Gasteiger charge is 2.29. The molecule has 1 heterocycles. The zero-order valence-electron chi connectivity index (χ0n) is 17.3. The summed E-state index contributed by atoms with van der Waals surface area (Å²) in [7, 11) is -3.32. The third kappa shape index (κ3) is 4.94. The Morgan fingerprint density at radius 3 is 2.27 bits per heavy atom. The maximum atomic E-state index is 13.3. The number of anilines is 1. The largest absolute Gasteiger partial charge is 0.305 e. The summed E-state index contributed by atoms with van der Waals surface area (Å²) in [6.45, 7) is 4.05. The van der Waals surface area contributed by atoms with Gasteiger partial charge in [0.25, 0.3) is 5.91 Å². The van der Waals surface area contributed by atoms with Crippen molar-refractivity contribution in [2.75, 3.05) is 11.2 Å². The highest BCUT2D eigenvalue weighted by atomic mass is 32.2. The van der Waals surface area contributed by atoms with Crippen molar-refractivity contribution in [1.29, 1.82) is 0 Å². The summed E-state index contributed by atoms with van der Waals surface area (Å²) in [6, 6.07) is 15.5. The van der Waals surface area contributed by atoms with Gasteiger partial charge in [0.05, 0.1) is 11.4 Å². The third-order valence-electron chi connectivity index (χ3n) is 4.81. The van der Waals surface area contributed by atoms with Gasteiger partial charge in [-0.3, -0.25) is 9.59 Å². The second-order valence-electron chi connectivity index (χ2n) is 7.52. The number of amides is 2. The normalized spacial score (nSPS) is 14.6. The maximum Gasteiger partial charge on any atom is 0.274 e. The van der Waals surface area contributed by atoms with E-state index in [1.54, 1.807) is 17.0 Å². The molecule has 0 radical (unpaired) electrons. The van der Waals surface area contributed by atoms with E-state index in [1.165, 1.54) is 17.1 Å². The number of carbonyl (C=O) groups excluding carboxylic acids is 2. The molecular formula is C22H25N3O4S. The van der Waals surface area contributed by atoms with Crippen LogP contribution in [-0.4, -0.2) is 43.3 Å². The van der Waals surface area contributed by atoms with Gasteiger partial charge in [-0.1, -0.05) is 30.3 Å². The Morgan fingerprint density at radius 2 is 1.70 bits per heavy atom. The Kier molecular flexibility index (Phi) is 6.36. The molecule has 0 unspecified atom stereocenters. The van der Waals surface area contributed by atoms with Crippen molar-refractivity contribution in [2.45, 2.75) is 44.2 Å². The van der Waals surface area contributed by atoms with Gasteiger partial charge in [-0.05, 0) is 43.7 Å². The van der Waals surface area contributed by atoms with Crippen LogP contribution in [0.5, 0.6) is 0 Å². The van der Waals surface area contributed by atoms with E-state index in [2.05, 4.69) is 5.10 Å². The number of hydrogen-bond donors (Lipinski definition) is 0. The van der Waals surface area contributed by atoms with Gasteiger partial charge in [0, 0.05) is 30.8 Å². The Balaban J connectivity index is 1.87. The fourth-order valence-corrected chi connectivity index (χ4v) is 3.91. The zero-order chi connectivity index (χ0) is 21.9. The Hall–Kier alpha value is -3.00. The average Bonchev–Trinajstić information content (AvgIpc) is 2.70. The molecule has 0 aromatic heterocycles. The summed E-state index contributed by atoms with van der Waals surface area (Å²) in [5.41, 5.74) is 1.82. The minimum atomic E-state index is -3.32. The number of carbonyl (C=O) groups is 2. The molecular weight excluding hydrogens is 402 g/mol. The van der Waals surface area contributed by atoms with E-state index >= 15 is 0 Å². The highest BCUT2D eigenvalue weighted by Crippen LogP contribution is 2.23. The molecule has 8 heteroatoms. The SMILES string of the molecule is CC(C)N(C(=O)C1=NN(Cc2ccccc2)C(=O)CC1)c1ccc(S(C)(=O)=O)cc1. The summed E-state index contributed by atoms with van der Waals surface area (Å²) in [6.07, 6.45) is 1.63. The van der Waals surface area contributed by atoms with E-state index in [9.17, 15) is 18.0 Å². The molecule has 158 valence electrons. The van der Waals surface area contributed by atoms with Crippen LogP contribution in [0.15, 0.2) is 64.6 Å². The first-order chi connectivity index (χ1) is 14.2. The van der Waals surface area contributed by atoms with Crippen molar-refractivity contribution in [3.05, 3.63) is 60.2 Å². The van der Waals surface area contributed by atoms with Crippen LogP contribution in [0.25, 0.3) is 0 Å². The topological polar surface area (TPSA) is 87.1 Å². The number of sulfone groups is 1. The third-order valence-corrected chi connectivity index (χ3v) is 5.93. The monoisotopic (exact) mass is 427 g/mol. The van der Waals surface area contributed by atoms with Crippen LogP contribution in [0.3, 0.4) is 0 Å². The molecule has 0 spiro atoms. The first-order valence-electron chi connectivity index (χ1n) is 9.72. The standard InChI is InChI=1S/C22H25N3O4S/c1-16(2)25(18-9-11-19(12-10-18)30(3,28)29)22(27)20-13-14-21(26)24(23-20)15-17-7-5-4-6-8-17/h4-12,16H,13-15H2,1-3H3. The van der Waals surface area contributed by atoms with Gasteiger partial charge in [-0.2, -0.15) is 5.10 Å². The average molecular weight is 428 g/mol. The van der Waals surface area contributed by atoms with Crippen LogP contribution in [-0.2, 0) is 26.0 Å². The van der Waals surface area contributed by atoms with Gasteiger partial charge in [-0.15, -0.1) is 0 Å². The van der Waals surface area contributed by atoms with Crippen LogP contribution < -0.4 is 4.90 Å². The van der Waals surface area contributed by atoms with Crippen molar-refractivity contribution in [1.82, 2.24) is 5.01 Å². The van der Waals surface area contributed by atoms with Gasteiger partial charge in [0.1, 0.15) is 5.71 Å². The summed E-state index contributed by atoms with van der Waals surface area (Å²) in [5.74, 6) is -0.410. The smallest absolute Gasteiger partial charge is 0.274 e. The van der Waals surface area contributed by atoms with Crippen molar-refractivity contribution in [3.63, 3.8) is 0 Å².